The normalized spacial score (nSPS) is 17.4. The lowest BCUT2D eigenvalue weighted by molar-refractivity contribution is -0.271. The van der Waals surface area contributed by atoms with Gasteiger partial charge in [-0.05, 0) is 141 Å². The van der Waals surface area contributed by atoms with Crippen molar-refractivity contribution in [2.75, 3.05) is 59.0 Å². The number of nitrogens with two attached hydrogens (primary N) is 7. The number of hydrogen-bond acceptors (Lipinski definition) is 31. The number of nitrogens with one attached hydrogen (secondary N) is 21. The van der Waals surface area contributed by atoms with E-state index >= 15 is 0 Å². The summed E-state index contributed by atoms with van der Waals surface area (Å²) in [6, 6.07) is -7.19. The van der Waals surface area contributed by atoms with Crippen molar-refractivity contribution in [1.29, 1.82) is 10.8 Å². The topological polar surface area (TPSA) is 919 Å². The second-order valence-electron chi connectivity index (χ2n) is 34.2. The molecule has 0 aromatic heterocycles. The van der Waals surface area contributed by atoms with Crippen LogP contribution in [0.3, 0.4) is 0 Å². The van der Waals surface area contributed by atoms with E-state index in [-0.39, 0.29) is 116 Å². The number of carboxylic acid groups (broad SMARTS) is 1. The zero-order valence-corrected chi connectivity index (χ0v) is 80.3. The number of carboxylic acids is 1. The molecule has 142 heavy (non-hydrogen) atoms. The molecule has 1 aliphatic rings. The molecule has 3 rings (SSSR count). The smallest absolute Gasteiger partial charge is 0.326 e. The highest BCUT2D eigenvalue weighted by atomic mass is 16.7. The Balaban J connectivity index is 1.97. The number of guanidine groups is 2. The van der Waals surface area contributed by atoms with Gasteiger partial charge in [0.1, 0.15) is 103 Å². The zero-order chi connectivity index (χ0) is 107. The van der Waals surface area contributed by atoms with Gasteiger partial charge in [-0.1, -0.05) is 74.5 Å². The average molecular weight is 2010 g/mol. The largest absolute Gasteiger partial charge is 0.480 e. The molecule has 1 saturated heterocycles. The number of aliphatic hydroxyl groups excluding tert-OH is 4. The number of carbonyl (C=O) groups is 20. The van der Waals surface area contributed by atoms with Gasteiger partial charge in [0.05, 0.1) is 51.4 Å². The molecule has 1 heterocycles. The lowest BCUT2D eigenvalue weighted by Gasteiger charge is -2.42. The van der Waals surface area contributed by atoms with Crippen LogP contribution in [0, 0.1) is 16.7 Å². The number of amides is 19. The minimum absolute atomic E-state index is 0.0355. The first-order valence-electron chi connectivity index (χ1n) is 46.1. The van der Waals surface area contributed by atoms with E-state index in [2.05, 4.69) is 101 Å². The van der Waals surface area contributed by atoms with Gasteiger partial charge < -0.3 is 176 Å². The van der Waals surface area contributed by atoms with Crippen LogP contribution in [-0.4, -0.2) is 336 Å². The third kappa shape index (κ3) is 46.9. The molecule has 1 fully saturated rings. The lowest BCUT2D eigenvalue weighted by atomic mass is 9.97. The van der Waals surface area contributed by atoms with Crippen molar-refractivity contribution in [3.05, 3.63) is 71.8 Å². The summed E-state index contributed by atoms with van der Waals surface area (Å²) in [5, 5.41) is 114. The van der Waals surface area contributed by atoms with Crippen molar-refractivity contribution in [3.63, 3.8) is 0 Å². The van der Waals surface area contributed by atoms with Gasteiger partial charge in [-0.3, -0.25) is 102 Å². The second-order valence-corrected chi connectivity index (χ2v) is 34.2. The number of aliphatic carboxylic acids is 1. The molecular formula is C87H142N28O27. The minimum atomic E-state index is -2.04. The summed E-state index contributed by atoms with van der Waals surface area (Å²) in [6.45, 7) is 4.82. The summed E-state index contributed by atoms with van der Waals surface area (Å²) in [5.41, 5.74) is 40.5. The van der Waals surface area contributed by atoms with Crippen LogP contribution in [0.25, 0.3) is 0 Å². The van der Waals surface area contributed by atoms with Gasteiger partial charge in [-0.15, -0.1) is 0 Å². The molecule has 40 N–H and O–H groups in total. The molecule has 55 nitrogen and oxygen atoms in total. The first-order chi connectivity index (χ1) is 67.0. The lowest BCUT2D eigenvalue weighted by Crippen LogP contribution is -2.65. The van der Waals surface area contributed by atoms with Crippen LogP contribution in [0.5, 0.6) is 0 Å². The Morgan fingerprint density at radius 3 is 1.27 bits per heavy atom. The Morgan fingerprint density at radius 1 is 0.423 bits per heavy atom. The van der Waals surface area contributed by atoms with Crippen LogP contribution in [0.4, 0.5) is 0 Å². The van der Waals surface area contributed by atoms with E-state index in [4.69, 9.17) is 60.4 Å². The molecule has 0 saturated carbocycles. The first kappa shape index (κ1) is 122. The van der Waals surface area contributed by atoms with Crippen LogP contribution in [0.2, 0.25) is 0 Å². The maximum absolute atomic E-state index is 15.0. The molecular weight excluding hydrogens is 1870 g/mol. The summed E-state index contributed by atoms with van der Waals surface area (Å²) in [7, 11) is 0. The fourth-order valence-electron chi connectivity index (χ4n) is 13.9. The molecule has 0 radical (unpaired) electrons. The fourth-order valence-corrected chi connectivity index (χ4v) is 13.9. The monoisotopic (exact) mass is 2010 g/mol. The first-order valence-corrected chi connectivity index (χ1v) is 46.1. The van der Waals surface area contributed by atoms with Crippen molar-refractivity contribution in [2.45, 2.75) is 273 Å². The van der Waals surface area contributed by atoms with Crippen molar-refractivity contribution in [3.8, 4) is 0 Å². The molecule has 55 heteroatoms. The van der Waals surface area contributed by atoms with Gasteiger partial charge in [0.15, 0.2) is 18.2 Å². The fraction of sp³-hybridized carbons (Fsp3) is 0.609. The van der Waals surface area contributed by atoms with Crippen molar-refractivity contribution < 1.29 is 131 Å². The summed E-state index contributed by atoms with van der Waals surface area (Å²) >= 11 is 0. The van der Waals surface area contributed by atoms with Gasteiger partial charge in [-0.2, -0.15) is 0 Å². The average Bonchev–Trinajstić information content (AvgIpc) is 0.801. The van der Waals surface area contributed by atoms with E-state index in [1.165, 1.54) is 13.8 Å². The number of carbonyl (C=O) groups excluding carboxylic acids is 19. The van der Waals surface area contributed by atoms with E-state index < -0.39 is 304 Å². The maximum atomic E-state index is 15.0. The van der Waals surface area contributed by atoms with E-state index in [9.17, 15) is 121 Å². The number of benzene rings is 2. The Bertz CT molecular complexity index is 4570. The van der Waals surface area contributed by atoms with Gasteiger partial charge in [-0.25, -0.2) is 4.79 Å². The van der Waals surface area contributed by atoms with E-state index in [1.54, 1.807) is 74.5 Å². The van der Waals surface area contributed by atoms with E-state index in [0.717, 1.165) is 26.3 Å². The standard InChI is InChI=1S/C87H142N28O27/c1-43(2)34-57(79(134)103-46(5)73(128)112-59(37-63(92)120)80(135)111-56(84(139)140)28-29-62(91)119)113-77(132)52(24-14-16-30-88)109-76(131)55(27-19-33-98-87(95)96)108-72(127)45(4)104-82(137)60(42-141-85-68(105-48(7)118)70(125)69(124)61(41-116)142-85)114-78(133)53(25-15-17-31-89)110-75(130)54(26-18-32-97-86(93)94)107-71(126)44(3)102-65(122)40-101-83(138)67(47(6)117)115-81(136)58(36-50-22-12-9-13-23-50)106-66(123)39-99-64(121)38-100-74(129)51(90)35-49-20-10-8-11-21-49/h8-13,20-23,43-47,51-61,67-70,85,116-117,124-125H,14-19,24-42,88-90H2,1-7H3,(H2,91,119)(H2,92,120)(H,99,121)(H,100,129)(H,101,138)(H,102,122)(H,103,134)(H,104,137)(H,105,118)(H,106,123)(H,107,126)(H,108,127)(H,109,131)(H,110,130)(H,111,135)(H,112,128)(H,113,132)(H,114,133)(H,115,136)(H,139,140)(H4,93,94,97)(H4,95,96,98)/t44-,45-,46-,47+,51-,52-,53-,54-,55-,56-,57-,58-,59-,60-,61+,67-,68+,69+,70+,85+/m0/s1. The molecule has 0 bridgehead atoms. The van der Waals surface area contributed by atoms with E-state index in [1.807, 2.05) is 0 Å². The summed E-state index contributed by atoms with van der Waals surface area (Å²) in [5.74, 6) is -22.3. The Morgan fingerprint density at radius 2 is 0.824 bits per heavy atom. The molecule has 792 valence electrons. The second kappa shape index (κ2) is 64.4. The van der Waals surface area contributed by atoms with Gasteiger partial charge >= 0.3 is 5.97 Å². The Kier molecular flexibility index (Phi) is 55.4. The van der Waals surface area contributed by atoms with Crippen LogP contribution in [0.15, 0.2) is 60.7 Å². The highest BCUT2D eigenvalue weighted by molar-refractivity contribution is 6.01. The highest BCUT2D eigenvalue weighted by Gasteiger charge is 2.47. The molecule has 19 amide bonds. The molecule has 2 aromatic carbocycles. The van der Waals surface area contributed by atoms with Crippen LogP contribution < -0.4 is 141 Å². The zero-order valence-electron chi connectivity index (χ0n) is 80.3. The maximum Gasteiger partial charge on any atom is 0.326 e. The summed E-state index contributed by atoms with van der Waals surface area (Å²) in [4.78, 5) is 272. The highest BCUT2D eigenvalue weighted by Crippen LogP contribution is 2.23. The van der Waals surface area contributed by atoms with Crippen molar-refractivity contribution >= 4 is 130 Å². The predicted molar refractivity (Wildman–Crippen MR) is 506 cm³/mol. The molecule has 0 unspecified atom stereocenters. The van der Waals surface area contributed by atoms with Gasteiger partial charge in [0.25, 0.3) is 0 Å². The van der Waals surface area contributed by atoms with E-state index in [0.29, 0.717) is 5.56 Å². The molecule has 0 aliphatic carbocycles. The van der Waals surface area contributed by atoms with Crippen LogP contribution in [0.1, 0.15) is 149 Å². The van der Waals surface area contributed by atoms with Crippen LogP contribution in [-0.2, 0) is 118 Å². The minimum Gasteiger partial charge on any atom is -0.480 e. The summed E-state index contributed by atoms with van der Waals surface area (Å²) < 4.78 is 11.7. The number of hydrogen-bond donors (Lipinski definition) is 33. The number of aliphatic hydroxyl groups is 4. The van der Waals surface area contributed by atoms with Crippen molar-refractivity contribution in [2.24, 2.45) is 46.1 Å². The third-order valence-corrected chi connectivity index (χ3v) is 21.6. The molecule has 2 aromatic rings. The summed E-state index contributed by atoms with van der Waals surface area (Å²) in [6.07, 6.45) is -11.2. The third-order valence-electron chi connectivity index (χ3n) is 21.6. The van der Waals surface area contributed by atoms with Gasteiger partial charge in [0, 0.05) is 32.9 Å². The predicted octanol–water partition coefficient (Wildman–Crippen LogP) is -13.1. The van der Waals surface area contributed by atoms with Gasteiger partial charge in [0.2, 0.25) is 112 Å². The van der Waals surface area contributed by atoms with Crippen molar-refractivity contribution in [1.82, 2.24) is 101 Å². The number of ether oxygens (including phenoxy) is 2. The molecule has 20 atom stereocenters. The number of rotatable bonds is 66. The quantitative estimate of drug-likeness (QED) is 0.0166. The van der Waals surface area contributed by atoms with Crippen LogP contribution >= 0.6 is 0 Å². The Labute approximate surface area is 818 Å². The Hall–Kier alpha value is -14.0. The SMILES string of the molecule is CC(=O)N[C@H]1[C@H](OC[C@H](NC(=O)[C@H](CCCCN)NC(=O)[C@H](CCCNC(=N)N)NC(=O)[C@H](C)NC(=O)CNC(=O)[C@@H](NC(=O)[C@H](Cc2ccccc2)NC(=O)CNC(=O)CNC(=O)[C@@H](N)Cc2ccccc2)[C@@H](C)O)C(=O)N[C@@H](C)C(=O)N[C@@H](CCCNC(=N)N)C(=O)N[C@@H](CCCCN)C(=O)N[C@@H](CC(C)C)C(=O)N[C@@H](C)C(=O)N[C@@H](CC(N)=O)C(=O)N[C@@H](CCC(N)=O)C(=O)O)O[C@H](CO)[C@@H](O)[C@@H]1O. The molecule has 0 spiro atoms. The molecule has 1 aliphatic heterocycles. The number of unbranched alkanes of at least 4 members (excludes halogenated alkanes) is 2. The number of primary amides is 2.